The van der Waals surface area contributed by atoms with Crippen LogP contribution in [0.3, 0.4) is 0 Å². The lowest BCUT2D eigenvalue weighted by molar-refractivity contribution is 0.564. The Bertz CT molecular complexity index is 1510. The van der Waals surface area contributed by atoms with E-state index in [1.807, 2.05) is 47.8 Å². The standard InChI is InChI=1S/C24H20N4O2S2/c29-21-15-18(25-23-27(21)13-14-31-23)16-32-24-26-20-11-5-4-10-19(20)22(30)28(24)12-6-9-17-7-2-1-3-8-17/h1-5,7-8,10-11,13-15H,6,9,12,16H2. The first-order valence-corrected chi connectivity index (χ1v) is 12.2. The Morgan fingerprint density at radius 1 is 0.969 bits per heavy atom. The van der Waals surface area contributed by atoms with Gasteiger partial charge in [-0.25, -0.2) is 9.97 Å². The van der Waals surface area contributed by atoms with Gasteiger partial charge in [0.25, 0.3) is 11.1 Å². The van der Waals surface area contributed by atoms with E-state index in [1.165, 1.54) is 33.1 Å². The van der Waals surface area contributed by atoms with Gasteiger partial charge in [-0.3, -0.25) is 18.6 Å². The Balaban J connectivity index is 1.44. The van der Waals surface area contributed by atoms with Gasteiger partial charge >= 0.3 is 0 Å². The molecule has 0 N–H and O–H groups in total. The van der Waals surface area contributed by atoms with Crippen molar-refractivity contribution in [2.24, 2.45) is 0 Å². The summed E-state index contributed by atoms with van der Waals surface area (Å²) in [6.45, 7) is 0.577. The van der Waals surface area contributed by atoms with Crippen LogP contribution in [0.1, 0.15) is 17.7 Å². The number of thioether (sulfide) groups is 1. The van der Waals surface area contributed by atoms with Crippen molar-refractivity contribution in [1.29, 1.82) is 0 Å². The van der Waals surface area contributed by atoms with Gasteiger partial charge in [-0.15, -0.1) is 11.3 Å². The third-order valence-electron chi connectivity index (χ3n) is 5.22. The van der Waals surface area contributed by atoms with E-state index >= 15 is 0 Å². The monoisotopic (exact) mass is 460 g/mol. The average molecular weight is 461 g/mol. The minimum absolute atomic E-state index is 0.0344. The molecule has 0 atom stereocenters. The topological polar surface area (TPSA) is 69.3 Å². The first-order chi connectivity index (χ1) is 15.7. The van der Waals surface area contributed by atoms with Crippen LogP contribution >= 0.6 is 23.1 Å². The molecular formula is C24H20N4O2S2. The Hall–Kier alpha value is -3.23. The molecule has 0 amide bonds. The highest BCUT2D eigenvalue weighted by Gasteiger charge is 2.13. The molecule has 0 aliphatic heterocycles. The molecule has 160 valence electrons. The summed E-state index contributed by atoms with van der Waals surface area (Å²) in [6.07, 6.45) is 3.44. The number of hydrogen-bond donors (Lipinski definition) is 0. The van der Waals surface area contributed by atoms with Crippen molar-refractivity contribution in [1.82, 2.24) is 18.9 Å². The van der Waals surface area contributed by atoms with Crippen LogP contribution in [0.25, 0.3) is 15.9 Å². The van der Waals surface area contributed by atoms with Crippen molar-refractivity contribution >= 4 is 39.0 Å². The predicted molar refractivity (Wildman–Crippen MR) is 130 cm³/mol. The normalized spacial score (nSPS) is 11.4. The van der Waals surface area contributed by atoms with Crippen LogP contribution in [0.4, 0.5) is 0 Å². The highest BCUT2D eigenvalue weighted by Crippen LogP contribution is 2.22. The number of fused-ring (bicyclic) bond motifs is 2. The summed E-state index contributed by atoms with van der Waals surface area (Å²) in [5.41, 5.74) is 2.48. The van der Waals surface area contributed by atoms with Gasteiger partial charge in [-0.1, -0.05) is 54.2 Å². The predicted octanol–water partition coefficient (Wildman–Crippen LogP) is 4.39. The fraction of sp³-hybridized carbons (Fsp3) is 0.167. The minimum atomic E-state index is -0.0985. The number of thiazole rings is 1. The summed E-state index contributed by atoms with van der Waals surface area (Å²) in [5.74, 6) is 0.465. The molecule has 0 spiro atoms. The molecule has 0 bridgehead atoms. The maximum Gasteiger partial charge on any atom is 0.262 e. The molecule has 0 aliphatic carbocycles. The first-order valence-electron chi connectivity index (χ1n) is 10.3. The van der Waals surface area contributed by atoms with Crippen LogP contribution in [-0.4, -0.2) is 18.9 Å². The summed E-state index contributed by atoms with van der Waals surface area (Å²) in [4.78, 5) is 35.5. The highest BCUT2D eigenvalue weighted by atomic mass is 32.2. The number of aryl methyl sites for hydroxylation is 1. The van der Waals surface area contributed by atoms with Crippen molar-refractivity contribution in [3.8, 4) is 0 Å². The minimum Gasteiger partial charge on any atom is -0.287 e. The summed E-state index contributed by atoms with van der Waals surface area (Å²) in [5, 5.41) is 3.11. The maximum absolute atomic E-state index is 13.2. The van der Waals surface area contributed by atoms with Crippen molar-refractivity contribution in [2.45, 2.75) is 30.3 Å². The Labute approximate surface area is 192 Å². The number of hydrogen-bond acceptors (Lipinski definition) is 6. The van der Waals surface area contributed by atoms with Crippen LogP contribution in [0.15, 0.2) is 87.0 Å². The van der Waals surface area contributed by atoms with Crippen LogP contribution in [0.2, 0.25) is 0 Å². The van der Waals surface area contributed by atoms with E-state index in [0.29, 0.717) is 39.0 Å². The zero-order valence-corrected chi connectivity index (χ0v) is 18.8. The summed E-state index contributed by atoms with van der Waals surface area (Å²) in [7, 11) is 0. The summed E-state index contributed by atoms with van der Waals surface area (Å²) >= 11 is 2.87. The molecular weight excluding hydrogens is 440 g/mol. The molecule has 0 radical (unpaired) electrons. The largest absolute Gasteiger partial charge is 0.287 e. The quantitative estimate of drug-likeness (QED) is 0.266. The molecule has 5 rings (SSSR count). The van der Waals surface area contributed by atoms with E-state index < -0.39 is 0 Å². The van der Waals surface area contributed by atoms with Gasteiger partial charge in [0.15, 0.2) is 10.1 Å². The second-order valence-electron chi connectivity index (χ2n) is 7.39. The molecule has 3 aromatic heterocycles. The van der Waals surface area contributed by atoms with E-state index in [0.717, 1.165) is 12.8 Å². The van der Waals surface area contributed by atoms with E-state index in [-0.39, 0.29) is 11.1 Å². The molecule has 0 aliphatic rings. The van der Waals surface area contributed by atoms with Crippen molar-refractivity contribution < 1.29 is 0 Å². The van der Waals surface area contributed by atoms with Gasteiger partial charge in [0.05, 0.1) is 16.6 Å². The molecule has 0 unspecified atom stereocenters. The fourth-order valence-electron chi connectivity index (χ4n) is 3.64. The van der Waals surface area contributed by atoms with E-state index in [1.54, 1.807) is 16.8 Å². The molecule has 6 nitrogen and oxygen atoms in total. The molecule has 8 heteroatoms. The molecule has 32 heavy (non-hydrogen) atoms. The van der Waals surface area contributed by atoms with Crippen molar-refractivity contribution in [3.63, 3.8) is 0 Å². The van der Waals surface area contributed by atoms with Crippen LogP contribution < -0.4 is 11.1 Å². The Morgan fingerprint density at radius 2 is 1.78 bits per heavy atom. The van der Waals surface area contributed by atoms with Crippen molar-refractivity contribution in [2.75, 3.05) is 0 Å². The van der Waals surface area contributed by atoms with Gasteiger partial charge in [0.2, 0.25) is 0 Å². The zero-order valence-electron chi connectivity index (χ0n) is 17.2. The third-order valence-corrected chi connectivity index (χ3v) is 6.99. The van der Waals surface area contributed by atoms with E-state index in [4.69, 9.17) is 4.98 Å². The van der Waals surface area contributed by atoms with Gasteiger partial charge in [-0.05, 0) is 30.5 Å². The molecule has 2 aromatic carbocycles. The average Bonchev–Trinajstić information content (AvgIpc) is 3.29. The third kappa shape index (κ3) is 4.24. The van der Waals surface area contributed by atoms with E-state index in [9.17, 15) is 9.59 Å². The van der Waals surface area contributed by atoms with Crippen LogP contribution in [0.5, 0.6) is 0 Å². The highest BCUT2D eigenvalue weighted by molar-refractivity contribution is 7.98. The summed E-state index contributed by atoms with van der Waals surface area (Å²) < 4.78 is 3.29. The zero-order chi connectivity index (χ0) is 21.9. The Morgan fingerprint density at radius 3 is 2.66 bits per heavy atom. The molecule has 5 aromatic rings. The molecule has 0 saturated carbocycles. The SMILES string of the molecule is O=c1c2ccccc2nc(SCc2cc(=O)n3ccsc3n2)n1CCCc1ccccc1. The molecule has 0 fully saturated rings. The number of rotatable bonds is 7. The van der Waals surface area contributed by atoms with Gasteiger partial charge in [-0.2, -0.15) is 0 Å². The number of benzene rings is 2. The van der Waals surface area contributed by atoms with Gasteiger partial charge < -0.3 is 0 Å². The Kier molecular flexibility index (Phi) is 5.87. The number of nitrogens with zero attached hydrogens (tertiary/aromatic N) is 4. The lowest BCUT2D eigenvalue weighted by atomic mass is 10.1. The molecule has 3 heterocycles. The van der Waals surface area contributed by atoms with Crippen LogP contribution in [0, 0.1) is 0 Å². The maximum atomic E-state index is 13.2. The van der Waals surface area contributed by atoms with Crippen LogP contribution in [-0.2, 0) is 18.7 Å². The first kappa shape index (κ1) is 20.7. The second-order valence-corrected chi connectivity index (χ2v) is 9.20. The number of aromatic nitrogens is 4. The molecule has 0 saturated heterocycles. The van der Waals surface area contributed by atoms with Gasteiger partial charge in [0.1, 0.15) is 0 Å². The second kappa shape index (κ2) is 9.10. The van der Waals surface area contributed by atoms with E-state index in [2.05, 4.69) is 17.1 Å². The van der Waals surface area contributed by atoms with Crippen molar-refractivity contribution in [3.05, 3.63) is 104 Å². The lowest BCUT2D eigenvalue weighted by Crippen LogP contribution is -2.24. The van der Waals surface area contributed by atoms with Gasteiger partial charge in [0, 0.05) is 29.9 Å². The fourth-order valence-corrected chi connectivity index (χ4v) is 5.30. The number of para-hydroxylation sites is 1. The smallest absolute Gasteiger partial charge is 0.262 e. The lowest BCUT2D eigenvalue weighted by Gasteiger charge is -2.13. The summed E-state index contributed by atoms with van der Waals surface area (Å²) in [6, 6.07) is 19.2.